The van der Waals surface area contributed by atoms with Crippen molar-refractivity contribution in [2.75, 3.05) is 27.3 Å². The van der Waals surface area contributed by atoms with Crippen LogP contribution >= 0.6 is 24.0 Å². The van der Waals surface area contributed by atoms with Crippen molar-refractivity contribution in [3.8, 4) is 17.4 Å². The van der Waals surface area contributed by atoms with Crippen molar-refractivity contribution in [1.29, 1.82) is 0 Å². The van der Waals surface area contributed by atoms with Gasteiger partial charge in [0.2, 0.25) is 5.88 Å². The zero-order chi connectivity index (χ0) is 21.9. The van der Waals surface area contributed by atoms with Crippen LogP contribution in [0, 0.1) is 0 Å². The molecule has 3 aromatic rings. The number of benzene rings is 2. The van der Waals surface area contributed by atoms with E-state index in [2.05, 4.69) is 20.6 Å². The number of rotatable bonds is 9. The average Bonchev–Trinajstić information content (AvgIpc) is 2.83. The first kappa shape index (κ1) is 25.4. The van der Waals surface area contributed by atoms with Crippen molar-refractivity contribution < 1.29 is 14.6 Å². The Balaban J connectivity index is 0.00000363. The molecule has 1 unspecified atom stereocenters. The molecule has 3 rings (SSSR count). The lowest BCUT2D eigenvalue weighted by atomic mass is 10.0. The van der Waals surface area contributed by atoms with Crippen molar-refractivity contribution in [3.63, 3.8) is 0 Å². The van der Waals surface area contributed by atoms with Gasteiger partial charge in [-0.15, -0.1) is 24.0 Å². The molecule has 1 atom stereocenters. The number of hydrogen-bond acceptors (Lipinski definition) is 5. The number of guanidine groups is 1. The molecule has 0 aliphatic heterocycles. The molecule has 3 N–H and O–H groups in total. The smallest absolute Gasteiger partial charge is 0.219 e. The van der Waals surface area contributed by atoms with Gasteiger partial charge in [0.25, 0.3) is 0 Å². The van der Waals surface area contributed by atoms with E-state index in [1.54, 1.807) is 20.4 Å². The fourth-order valence-electron chi connectivity index (χ4n) is 2.98. The van der Waals surface area contributed by atoms with Crippen LogP contribution in [0.1, 0.15) is 17.0 Å². The number of hydrogen-bond donors (Lipinski definition) is 3. The number of aromatic nitrogens is 1. The third-order valence-corrected chi connectivity index (χ3v) is 4.77. The molecule has 1 heterocycles. The van der Waals surface area contributed by atoms with E-state index in [4.69, 9.17) is 9.47 Å². The van der Waals surface area contributed by atoms with Crippen LogP contribution in [-0.4, -0.2) is 43.4 Å². The molecule has 0 aliphatic carbocycles. The number of ether oxygens (including phenoxy) is 2. The lowest BCUT2D eigenvalue weighted by Gasteiger charge is -2.18. The van der Waals surface area contributed by atoms with Crippen LogP contribution < -0.4 is 20.1 Å². The van der Waals surface area contributed by atoms with Crippen LogP contribution in [0.2, 0.25) is 0 Å². The highest BCUT2D eigenvalue weighted by molar-refractivity contribution is 14.0. The minimum absolute atomic E-state index is 0. The summed E-state index contributed by atoms with van der Waals surface area (Å²) < 4.78 is 10.9. The second-order valence-corrected chi connectivity index (χ2v) is 6.88. The van der Waals surface area contributed by atoms with Gasteiger partial charge in [0.1, 0.15) is 11.5 Å². The van der Waals surface area contributed by atoms with E-state index in [9.17, 15) is 5.11 Å². The Labute approximate surface area is 205 Å². The maximum Gasteiger partial charge on any atom is 0.219 e. The molecule has 7 nitrogen and oxygen atoms in total. The Morgan fingerprint density at radius 1 is 1.00 bits per heavy atom. The van der Waals surface area contributed by atoms with Crippen LogP contribution in [-0.2, 0) is 6.54 Å². The first-order valence-electron chi connectivity index (χ1n) is 10.1. The molecule has 2 aromatic carbocycles. The van der Waals surface area contributed by atoms with Gasteiger partial charge in [0, 0.05) is 38.3 Å². The molecular weight excluding hydrogens is 519 g/mol. The summed E-state index contributed by atoms with van der Waals surface area (Å²) in [7, 11) is 3.35. The first-order chi connectivity index (χ1) is 15.2. The van der Waals surface area contributed by atoms with Gasteiger partial charge in [-0.2, -0.15) is 0 Å². The average molecular weight is 548 g/mol. The predicted octanol–water partition coefficient (Wildman–Crippen LogP) is 3.94. The van der Waals surface area contributed by atoms with Gasteiger partial charge in [0.05, 0.1) is 13.7 Å². The van der Waals surface area contributed by atoms with Crippen LogP contribution in [0.4, 0.5) is 0 Å². The summed E-state index contributed by atoms with van der Waals surface area (Å²) >= 11 is 0. The molecular formula is C24H29IN4O3. The normalized spacial score (nSPS) is 11.8. The number of nitrogens with one attached hydrogen (secondary N) is 2. The molecule has 0 saturated carbocycles. The zero-order valence-corrected chi connectivity index (χ0v) is 20.5. The van der Waals surface area contributed by atoms with Crippen molar-refractivity contribution in [1.82, 2.24) is 15.6 Å². The summed E-state index contributed by atoms with van der Waals surface area (Å²) in [6, 6.07) is 21.1. The monoisotopic (exact) mass is 548 g/mol. The summed E-state index contributed by atoms with van der Waals surface area (Å²) in [5, 5.41) is 16.2. The zero-order valence-electron chi connectivity index (χ0n) is 18.2. The summed E-state index contributed by atoms with van der Waals surface area (Å²) in [5.74, 6) is 2.65. The number of pyridine rings is 1. The quantitative estimate of drug-likeness (QED) is 0.213. The fraction of sp³-hybridized carbons (Fsp3) is 0.250. The lowest BCUT2D eigenvalue weighted by Crippen LogP contribution is -2.39. The van der Waals surface area contributed by atoms with Gasteiger partial charge in [0.15, 0.2) is 5.96 Å². The van der Waals surface area contributed by atoms with E-state index < -0.39 is 0 Å². The highest BCUT2D eigenvalue weighted by atomic mass is 127. The van der Waals surface area contributed by atoms with Crippen LogP contribution in [0.3, 0.4) is 0 Å². The van der Waals surface area contributed by atoms with Crippen molar-refractivity contribution in [2.45, 2.75) is 12.5 Å². The Hall–Kier alpha value is -2.85. The number of aliphatic imine (C=N–C) groups is 1. The summed E-state index contributed by atoms with van der Waals surface area (Å²) in [5.41, 5.74) is 2.08. The van der Waals surface area contributed by atoms with Gasteiger partial charge < -0.3 is 25.2 Å². The number of aliphatic hydroxyl groups excluding tert-OH is 1. The molecule has 0 bridgehead atoms. The van der Waals surface area contributed by atoms with Gasteiger partial charge in [-0.25, -0.2) is 4.98 Å². The highest BCUT2D eigenvalue weighted by Gasteiger charge is 2.11. The Morgan fingerprint density at radius 3 is 2.31 bits per heavy atom. The molecule has 0 aliphatic rings. The molecule has 170 valence electrons. The number of halogens is 1. The third-order valence-electron chi connectivity index (χ3n) is 4.77. The summed E-state index contributed by atoms with van der Waals surface area (Å²) in [6.45, 7) is 1.20. The van der Waals surface area contributed by atoms with E-state index in [1.807, 2.05) is 66.7 Å². The van der Waals surface area contributed by atoms with E-state index in [-0.39, 0.29) is 36.5 Å². The largest absolute Gasteiger partial charge is 0.497 e. The highest BCUT2D eigenvalue weighted by Crippen LogP contribution is 2.22. The van der Waals surface area contributed by atoms with Crippen molar-refractivity contribution in [3.05, 3.63) is 84.1 Å². The first-order valence-corrected chi connectivity index (χ1v) is 10.1. The second kappa shape index (κ2) is 13.5. The standard InChI is InChI=1S/C24H28N4O3.HI/c1-25-24(28-16-20(17-29)19-6-4-3-5-7-19)27-15-18-8-13-23(26-14-18)31-22-11-9-21(30-2)10-12-22;/h3-14,20,29H,15-17H2,1-2H3,(H2,25,27,28);1H. The fourth-order valence-corrected chi connectivity index (χ4v) is 2.98. The van der Waals surface area contributed by atoms with E-state index in [1.165, 1.54) is 0 Å². The number of aliphatic hydroxyl groups is 1. The van der Waals surface area contributed by atoms with Gasteiger partial charge in [-0.05, 0) is 35.4 Å². The molecule has 0 radical (unpaired) electrons. The Morgan fingerprint density at radius 2 is 1.72 bits per heavy atom. The molecule has 0 saturated heterocycles. The molecule has 0 amide bonds. The number of methoxy groups -OCH3 is 1. The number of nitrogens with zero attached hydrogens (tertiary/aromatic N) is 2. The Kier molecular flexibility index (Phi) is 10.8. The van der Waals surface area contributed by atoms with Gasteiger partial charge >= 0.3 is 0 Å². The van der Waals surface area contributed by atoms with Crippen LogP contribution in [0.15, 0.2) is 77.9 Å². The van der Waals surface area contributed by atoms with E-state index >= 15 is 0 Å². The maximum absolute atomic E-state index is 9.70. The molecule has 32 heavy (non-hydrogen) atoms. The van der Waals surface area contributed by atoms with Crippen LogP contribution in [0.5, 0.6) is 17.4 Å². The summed E-state index contributed by atoms with van der Waals surface area (Å²) in [6.07, 6.45) is 1.76. The summed E-state index contributed by atoms with van der Waals surface area (Å²) in [4.78, 5) is 8.61. The van der Waals surface area contributed by atoms with E-state index in [0.717, 1.165) is 16.9 Å². The van der Waals surface area contributed by atoms with E-state index in [0.29, 0.717) is 30.7 Å². The minimum Gasteiger partial charge on any atom is -0.497 e. The maximum atomic E-state index is 9.70. The Bertz CT molecular complexity index is 951. The minimum atomic E-state index is -0.00389. The van der Waals surface area contributed by atoms with Crippen molar-refractivity contribution in [2.24, 2.45) is 4.99 Å². The predicted molar refractivity (Wildman–Crippen MR) is 137 cm³/mol. The van der Waals surface area contributed by atoms with Crippen molar-refractivity contribution >= 4 is 29.9 Å². The lowest BCUT2D eigenvalue weighted by molar-refractivity contribution is 0.265. The molecule has 0 fully saturated rings. The second-order valence-electron chi connectivity index (χ2n) is 6.88. The molecule has 8 heteroatoms. The van der Waals surface area contributed by atoms with Gasteiger partial charge in [-0.1, -0.05) is 36.4 Å². The molecule has 0 spiro atoms. The topological polar surface area (TPSA) is 88.0 Å². The third kappa shape index (κ3) is 7.69. The SMILES string of the molecule is CN=C(NCc1ccc(Oc2ccc(OC)cc2)nc1)NCC(CO)c1ccccc1.I. The van der Waals surface area contributed by atoms with Gasteiger partial charge in [-0.3, -0.25) is 4.99 Å². The molecule has 1 aromatic heterocycles. The van der Waals surface area contributed by atoms with Crippen LogP contribution in [0.25, 0.3) is 0 Å².